The van der Waals surface area contributed by atoms with Crippen molar-refractivity contribution in [2.24, 2.45) is 0 Å². The van der Waals surface area contributed by atoms with E-state index in [1.807, 2.05) is 12.1 Å². The predicted octanol–water partition coefficient (Wildman–Crippen LogP) is 2.48. The number of benzene rings is 1. The molecule has 0 atom stereocenters. The van der Waals surface area contributed by atoms with Crippen molar-refractivity contribution < 1.29 is 4.79 Å². The summed E-state index contributed by atoms with van der Waals surface area (Å²) in [6.45, 7) is 1.45. The highest BCUT2D eigenvalue weighted by molar-refractivity contribution is 6.30. The Labute approximate surface area is 97.8 Å². The average Bonchev–Trinajstić information content (AvgIpc) is 2.66. The molecule has 1 amide bonds. The van der Waals surface area contributed by atoms with Crippen LogP contribution in [-0.2, 0) is 4.79 Å². The molecule has 4 nitrogen and oxygen atoms in total. The van der Waals surface area contributed by atoms with Crippen molar-refractivity contribution in [1.82, 2.24) is 9.78 Å². The first-order chi connectivity index (χ1) is 7.65. The van der Waals surface area contributed by atoms with Gasteiger partial charge < -0.3 is 5.32 Å². The Morgan fingerprint density at radius 1 is 1.31 bits per heavy atom. The van der Waals surface area contributed by atoms with Crippen LogP contribution in [-0.4, -0.2) is 15.7 Å². The summed E-state index contributed by atoms with van der Waals surface area (Å²) < 4.78 is 1.67. The second-order valence-corrected chi connectivity index (χ2v) is 3.74. The van der Waals surface area contributed by atoms with Crippen molar-refractivity contribution in [1.29, 1.82) is 0 Å². The molecule has 82 valence electrons. The van der Waals surface area contributed by atoms with Crippen LogP contribution in [0, 0.1) is 0 Å². The molecule has 1 aromatic carbocycles. The van der Waals surface area contributed by atoms with Crippen LogP contribution in [0.4, 0.5) is 5.82 Å². The predicted molar refractivity (Wildman–Crippen MR) is 62.9 cm³/mol. The molecule has 0 aliphatic heterocycles. The molecule has 2 rings (SSSR count). The third kappa shape index (κ3) is 2.41. The normalized spacial score (nSPS) is 10.1. The smallest absolute Gasteiger partial charge is 0.222 e. The lowest BCUT2D eigenvalue weighted by molar-refractivity contribution is -0.114. The third-order valence-electron chi connectivity index (χ3n) is 1.98. The van der Waals surface area contributed by atoms with Crippen molar-refractivity contribution in [3.8, 4) is 5.69 Å². The molecule has 0 unspecified atom stereocenters. The number of rotatable bonds is 2. The Bertz CT molecular complexity index is 504. The monoisotopic (exact) mass is 235 g/mol. The molecule has 0 saturated heterocycles. The zero-order chi connectivity index (χ0) is 11.5. The first-order valence-corrected chi connectivity index (χ1v) is 5.12. The van der Waals surface area contributed by atoms with Crippen LogP contribution in [0.2, 0.25) is 5.02 Å². The van der Waals surface area contributed by atoms with E-state index in [0.29, 0.717) is 10.8 Å². The molecule has 0 aliphatic carbocycles. The quantitative estimate of drug-likeness (QED) is 0.869. The molecular formula is C11H10ClN3O. The Hall–Kier alpha value is -1.81. The van der Waals surface area contributed by atoms with Crippen molar-refractivity contribution in [3.63, 3.8) is 0 Å². The van der Waals surface area contributed by atoms with E-state index in [2.05, 4.69) is 10.4 Å². The van der Waals surface area contributed by atoms with Crippen LogP contribution >= 0.6 is 11.6 Å². The van der Waals surface area contributed by atoms with Crippen LogP contribution in [0.15, 0.2) is 36.5 Å². The summed E-state index contributed by atoms with van der Waals surface area (Å²) in [5.41, 5.74) is 0.890. The van der Waals surface area contributed by atoms with Crippen LogP contribution in [0.1, 0.15) is 6.92 Å². The standard InChI is InChI=1S/C11H10ClN3O/c1-8(16)13-11-6-7-15(14-11)10-4-2-9(12)3-5-10/h2-7H,1H3,(H,13,14,16). The number of hydrogen-bond donors (Lipinski definition) is 1. The fourth-order valence-corrected chi connectivity index (χ4v) is 1.43. The highest BCUT2D eigenvalue weighted by Crippen LogP contribution is 2.14. The zero-order valence-electron chi connectivity index (χ0n) is 8.64. The largest absolute Gasteiger partial charge is 0.309 e. The molecule has 2 aromatic rings. The summed E-state index contributed by atoms with van der Waals surface area (Å²) in [5.74, 6) is 0.392. The van der Waals surface area contributed by atoms with Crippen molar-refractivity contribution >= 4 is 23.3 Å². The maximum Gasteiger partial charge on any atom is 0.222 e. The van der Waals surface area contributed by atoms with E-state index in [0.717, 1.165) is 5.69 Å². The molecule has 0 bridgehead atoms. The maximum atomic E-state index is 10.8. The number of nitrogens with one attached hydrogen (secondary N) is 1. The van der Waals surface area contributed by atoms with Gasteiger partial charge in [-0.15, -0.1) is 0 Å². The van der Waals surface area contributed by atoms with Crippen LogP contribution in [0.3, 0.4) is 0 Å². The number of carbonyl (C=O) groups excluding carboxylic acids is 1. The van der Waals surface area contributed by atoms with Crippen molar-refractivity contribution in [2.75, 3.05) is 5.32 Å². The van der Waals surface area contributed by atoms with Gasteiger partial charge in [-0.1, -0.05) is 11.6 Å². The van der Waals surface area contributed by atoms with E-state index in [-0.39, 0.29) is 5.91 Å². The summed E-state index contributed by atoms with van der Waals surface area (Å²) >= 11 is 5.79. The highest BCUT2D eigenvalue weighted by atomic mass is 35.5. The SMILES string of the molecule is CC(=O)Nc1ccn(-c2ccc(Cl)cc2)n1. The minimum absolute atomic E-state index is 0.138. The lowest BCUT2D eigenvalue weighted by Gasteiger charge is -2.00. The van der Waals surface area contributed by atoms with Gasteiger partial charge in [0, 0.05) is 24.2 Å². The molecule has 16 heavy (non-hydrogen) atoms. The number of amides is 1. The Balaban J connectivity index is 2.24. The van der Waals surface area contributed by atoms with Gasteiger partial charge in [0.25, 0.3) is 0 Å². The molecule has 0 aliphatic rings. The lowest BCUT2D eigenvalue weighted by atomic mass is 10.3. The number of hydrogen-bond acceptors (Lipinski definition) is 2. The average molecular weight is 236 g/mol. The first kappa shape index (κ1) is 10.7. The second kappa shape index (κ2) is 4.37. The lowest BCUT2D eigenvalue weighted by Crippen LogP contribution is -2.06. The van der Waals surface area contributed by atoms with E-state index in [9.17, 15) is 4.79 Å². The number of nitrogens with zero attached hydrogens (tertiary/aromatic N) is 2. The van der Waals surface area contributed by atoms with Crippen molar-refractivity contribution in [3.05, 3.63) is 41.6 Å². The summed E-state index contributed by atoms with van der Waals surface area (Å²) in [7, 11) is 0. The molecule has 0 saturated carbocycles. The van der Waals surface area contributed by atoms with Crippen molar-refractivity contribution in [2.45, 2.75) is 6.92 Å². The van der Waals surface area contributed by atoms with Crippen LogP contribution in [0.5, 0.6) is 0 Å². The summed E-state index contributed by atoms with van der Waals surface area (Å²) in [5, 5.41) is 7.48. The molecule has 1 aromatic heterocycles. The summed E-state index contributed by atoms with van der Waals surface area (Å²) in [6, 6.07) is 9.02. The molecule has 0 fully saturated rings. The van der Waals surface area contributed by atoms with E-state index >= 15 is 0 Å². The van der Waals surface area contributed by atoms with Gasteiger partial charge in [0.15, 0.2) is 5.82 Å². The summed E-state index contributed by atoms with van der Waals surface area (Å²) in [6.07, 6.45) is 1.77. The highest BCUT2D eigenvalue weighted by Gasteiger charge is 2.01. The first-order valence-electron chi connectivity index (χ1n) is 4.74. The van der Waals surface area contributed by atoms with Gasteiger partial charge >= 0.3 is 0 Å². The van der Waals surface area contributed by atoms with Gasteiger partial charge in [0.05, 0.1) is 5.69 Å². The Kier molecular flexibility index (Phi) is 2.92. The van der Waals surface area contributed by atoms with Gasteiger partial charge in [0.2, 0.25) is 5.91 Å². The summed E-state index contributed by atoms with van der Waals surface area (Å²) in [4.78, 5) is 10.8. The van der Waals surface area contributed by atoms with Crippen LogP contribution in [0.25, 0.3) is 5.69 Å². The molecule has 5 heteroatoms. The van der Waals surface area contributed by atoms with E-state index < -0.39 is 0 Å². The molecule has 0 spiro atoms. The molecule has 1 heterocycles. The third-order valence-corrected chi connectivity index (χ3v) is 2.24. The topological polar surface area (TPSA) is 46.9 Å². The minimum atomic E-state index is -0.138. The number of halogens is 1. The number of aromatic nitrogens is 2. The zero-order valence-corrected chi connectivity index (χ0v) is 9.40. The fourth-order valence-electron chi connectivity index (χ4n) is 1.31. The van der Waals surface area contributed by atoms with Gasteiger partial charge in [0.1, 0.15) is 0 Å². The molecular weight excluding hydrogens is 226 g/mol. The molecule has 0 radical (unpaired) electrons. The minimum Gasteiger partial charge on any atom is -0.309 e. The van der Waals surface area contributed by atoms with Gasteiger partial charge in [-0.3, -0.25) is 4.79 Å². The molecule has 1 N–H and O–H groups in total. The van der Waals surface area contributed by atoms with E-state index in [4.69, 9.17) is 11.6 Å². The fraction of sp³-hybridized carbons (Fsp3) is 0.0909. The second-order valence-electron chi connectivity index (χ2n) is 3.30. The number of anilines is 1. The van der Waals surface area contributed by atoms with Gasteiger partial charge in [-0.05, 0) is 24.3 Å². The van der Waals surface area contributed by atoms with E-state index in [1.54, 1.807) is 29.1 Å². The maximum absolute atomic E-state index is 10.8. The van der Waals surface area contributed by atoms with E-state index in [1.165, 1.54) is 6.92 Å². The van der Waals surface area contributed by atoms with Gasteiger partial charge in [-0.25, -0.2) is 4.68 Å². The van der Waals surface area contributed by atoms with Gasteiger partial charge in [-0.2, -0.15) is 5.10 Å². The van der Waals surface area contributed by atoms with Crippen LogP contribution < -0.4 is 5.32 Å². The Morgan fingerprint density at radius 3 is 2.62 bits per heavy atom. The Morgan fingerprint density at radius 2 is 2.00 bits per heavy atom. The number of carbonyl (C=O) groups is 1.